The highest BCUT2D eigenvalue weighted by Gasteiger charge is 2.38. The Hall–Kier alpha value is -2.34. The van der Waals surface area contributed by atoms with Crippen molar-refractivity contribution < 1.29 is 23.1 Å². The van der Waals surface area contributed by atoms with Crippen LogP contribution in [0.1, 0.15) is 5.56 Å². The van der Waals surface area contributed by atoms with E-state index in [0.29, 0.717) is 5.56 Å². The van der Waals surface area contributed by atoms with Crippen LogP contribution in [0.25, 0.3) is 0 Å². The Labute approximate surface area is 112 Å². The van der Waals surface area contributed by atoms with Gasteiger partial charge in [0.05, 0.1) is 12.2 Å². The number of aliphatic carboxylic acids is 1. The van der Waals surface area contributed by atoms with Crippen molar-refractivity contribution in [1.29, 1.82) is 5.26 Å². The Bertz CT molecular complexity index is 490. The maximum Gasteiger partial charge on any atom is 0.490 e. The zero-order valence-electron chi connectivity index (χ0n) is 10.2. The van der Waals surface area contributed by atoms with Gasteiger partial charge in [0, 0.05) is 19.3 Å². The zero-order valence-corrected chi connectivity index (χ0v) is 10.2. The van der Waals surface area contributed by atoms with Crippen LogP contribution in [0.3, 0.4) is 0 Å². The van der Waals surface area contributed by atoms with E-state index in [9.17, 15) is 13.2 Å². The van der Waals surface area contributed by atoms with Crippen molar-refractivity contribution in [2.24, 2.45) is 0 Å². The molecule has 9 heteroatoms. The number of carboxylic acid groups (broad SMARTS) is 1. The van der Waals surface area contributed by atoms with Gasteiger partial charge >= 0.3 is 12.1 Å². The second kappa shape index (κ2) is 6.72. The molecule has 2 heterocycles. The topological polar surface area (TPSA) is 89.3 Å². The summed E-state index contributed by atoms with van der Waals surface area (Å²) in [6, 6.07) is 5.72. The van der Waals surface area contributed by atoms with Crippen molar-refractivity contribution >= 4 is 11.8 Å². The van der Waals surface area contributed by atoms with E-state index in [1.165, 1.54) is 0 Å². The van der Waals surface area contributed by atoms with E-state index in [2.05, 4.69) is 15.2 Å². The third-order valence-electron chi connectivity index (χ3n) is 2.30. The lowest BCUT2D eigenvalue weighted by Crippen LogP contribution is -2.21. The Morgan fingerprint density at radius 2 is 2.15 bits per heavy atom. The average Bonchev–Trinajstić information content (AvgIpc) is 2.92. The highest BCUT2D eigenvalue weighted by Crippen LogP contribution is 2.13. The van der Waals surface area contributed by atoms with Gasteiger partial charge in [0.25, 0.3) is 0 Å². The van der Waals surface area contributed by atoms with Gasteiger partial charge in [0.2, 0.25) is 0 Å². The molecule has 0 atom stereocenters. The fourth-order valence-electron chi connectivity index (χ4n) is 1.34. The van der Waals surface area contributed by atoms with Crippen molar-refractivity contribution in [2.45, 2.75) is 6.18 Å². The molecule has 1 aromatic heterocycles. The van der Waals surface area contributed by atoms with Crippen molar-refractivity contribution in [2.75, 3.05) is 24.7 Å². The second-order valence-electron chi connectivity index (χ2n) is 3.74. The number of carboxylic acids is 1. The van der Waals surface area contributed by atoms with Gasteiger partial charge in [-0.2, -0.15) is 18.4 Å². The smallest absolute Gasteiger partial charge is 0.475 e. The van der Waals surface area contributed by atoms with E-state index in [0.717, 1.165) is 25.6 Å². The van der Waals surface area contributed by atoms with Crippen LogP contribution in [-0.2, 0) is 4.79 Å². The third-order valence-corrected chi connectivity index (χ3v) is 2.30. The molecule has 2 N–H and O–H groups in total. The minimum atomic E-state index is -5.08. The summed E-state index contributed by atoms with van der Waals surface area (Å²) in [5.41, 5.74) is 0.607. The molecule has 0 bridgehead atoms. The summed E-state index contributed by atoms with van der Waals surface area (Å²) in [5, 5.41) is 18.9. The number of hydrogen-bond donors (Lipinski definition) is 2. The Morgan fingerprint density at radius 3 is 2.50 bits per heavy atom. The van der Waals surface area contributed by atoms with Crippen molar-refractivity contribution in [1.82, 2.24) is 10.3 Å². The standard InChI is InChI=1S/C9H10N4.C2HF3O2/c10-5-8-1-2-9(12-6-8)13-4-3-11-7-13;3-2(4,5)1(6)7/h1-2,6,11H,3-4,7H2;(H,6,7). The van der Waals surface area contributed by atoms with Crippen LogP contribution in [-0.4, -0.2) is 42.0 Å². The number of alkyl halides is 3. The Kier molecular flexibility index (Phi) is 5.28. The monoisotopic (exact) mass is 288 g/mol. The SMILES string of the molecule is N#Cc1ccc(N2CCNC2)nc1.O=C(O)C(F)(F)F. The van der Waals surface area contributed by atoms with Crippen LogP contribution in [0, 0.1) is 11.3 Å². The summed E-state index contributed by atoms with van der Waals surface area (Å²) in [4.78, 5) is 15.2. The summed E-state index contributed by atoms with van der Waals surface area (Å²) >= 11 is 0. The highest BCUT2D eigenvalue weighted by molar-refractivity contribution is 5.73. The molecule has 6 nitrogen and oxygen atoms in total. The first kappa shape index (κ1) is 15.7. The number of aromatic nitrogens is 1. The molecule has 20 heavy (non-hydrogen) atoms. The zero-order chi connectivity index (χ0) is 15.2. The van der Waals surface area contributed by atoms with Gasteiger partial charge in [-0.25, -0.2) is 9.78 Å². The van der Waals surface area contributed by atoms with Gasteiger partial charge in [-0.15, -0.1) is 0 Å². The molecule has 0 radical (unpaired) electrons. The normalized spacial score (nSPS) is 14.2. The molecule has 1 aromatic rings. The van der Waals surface area contributed by atoms with E-state index >= 15 is 0 Å². The highest BCUT2D eigenvalue weighted by atomic mass is 19.4. The van der Waals surface area contributed by atoms with Crippen molar-refractivity contribution in [3.8, 4) is 6.07 Å². The second-order valence-corrected chi connectivity index (χ2v) is 3.74. The molecular weight excluding hydrogens is 277 g/mol. The lowest BCUT2D eigenvalue weighted by molar-refractivity contribution is -0.192. The molecule has 0 aromatic carbocycles. The van der Waals surface area contributed by atoms with E-state index in [1.807, 2.05) is 12.1 Å². The number of anilines is 1. The van der Waals surface area contributed by atoms with Crippen LogP contribution >= 0.6 is 0 Å². The predicted octanol–water partition coefficient (Wildman–Crippen LogP) is 0.954. The van der Waals surface area contributed by atoms with E-state index in [1.54, 1.807) is 12.3 Å². The molecule has 0 aliphatic carbocycles. The molecule has 1 saturated heterocycles. The molecule has 0 saturated carbocycles. The van der Waals surface area contributed by atoms with Crippen LogP contribution in [0.2, 0.25) is 0 Å². The first-order valence-electron chi connectivity index (χ1n) is 5.46. The lowest BCUT2D eigenvalue weighted by Gasteiger charge is -2.14. The number of carbonyl (C=O) groups is 1. The molecule has 0 unspecified atom stereocenters. The fraction of sp³-hybridized carbons (Fsp3) is 0.364. The van der Waals surface area contributed by atoms with E-state index < -0.39 is 12.1 Å². The minimum Gasteiger partial charge on any atom is -0.475 e. The van der Waals surface area contributed by atoms with Crippen molar-refractivity contribution in [3.63, 3.8) is 0 Å². The summed E-state index contributed by atoms with van der Waals surface area (Å²) < 4.78 is 31.7. The minimum absolute atomic E-state index is 0.607. The summed E-state index contributed by atoms with van der Waals surface area (Å²) in [7, 11) is 0. The van der Waals surface area contributed by atoms with Gasteiger partial charge in [-0.3, -0.25) is 5.32 Å². The number of nitriles is 1. The van der Waals surface area contributed by atoms with Gasteiger partial charge < -0.3 is 10.0 Å². The van der Waals surface area contributed by atoms with Crippen LogP contribution < -0.4 is 10.2 Å². The van der Waals surface area contributed by atoms with Gasteiger partial charge in [-0.1, -0.05) is 0 Å². The summed E-state index contributed by atoms with van der Waals surface area (Å²) in [6.07, 6.45) is -3.48. The molecule has 0 amide bonds. The van der Waals surface area contributed by atoms with Gasteiger partial charge in [0.15, 0.2) is 0 Å². The molecular formula is C11H11F3N4O2. The van der Waals surface area contributed by atoms with Crippen LogP contribution in [0.15, 0.2) is 18.3 Å². The predicted molar refractivity (Wildman–Crippen MR) is 62.9 cm³/mol. The van der Waals surface area contributed by atoms with E-state index in [4.69, 9.17) is 15.2 Å². The van der Waals surface area contributed by atoms with Crippen LogP contribution in [0.4, 0.5) is 19.0 Å². The van der Waals surface area contributed by atoms with Gasteiger partial charge in [0.1, 0.15) is 11.9 Å². The maximum atomic E-state index is 10.6. The number of pyridine rings is 1. The molecule has 1 fully saturated rings. The fourth-order valence-corrected chi connectivity index (χ4v) is 1.34. The van der Waals surface area contributed by atoms with Crippen LogP contribution in [0.5, 0.6) is 0 Å². The first-order valence-corrected chi connectivity index (χ1v) is 5.46. The number of nitrogens with one attached hydrogen (secondary N) is 1. The van der Waals surface area contributed by atoms with E-state index in [-0.39, 0.29) is 0 Å². The Balaban J connectivity index is 0.000000246. The Morgan fingerprint density at radius 1 is 1.50 bits per heavy atom. The lowest BCUT2D eigenvalue weighted by atomic mass is 10.3. The number of rotatable bonds is 1. The third kappa shape index (κ3) is 4.74. The number of nitrogens with zero attached hydrogens (tertiary/aromatic N) is 3. The maximum absolute atomic E-state index is 10.6. The first-order chi connectivity index (χ1) is 9.34. The number of halogens is 3. The van der Waals surface area contributed by atoms with Gasteiger partial charge in [-0.05, 0) is 12.1 Å². The number of hydrogen-bond acceptors (Lipinski definition) is 5. The molecule has 1 aliphatic heterocycles. The molecule has 1 aliphatic rings. The van der Waals surface area contributed by atoms with Crippen molar-refractivity contribution in [3.05, 3.63) is 23.9 Å². The summed E-state index contributed by atoms with van der Waals surface area (Å²) in [5.74, 6) is -1.82. The average molecular weight is 288 g/mol. The molecule has 2 rings (SSSR count). The molecule has 0 spiro atoms. The largest absolute Gasteiger partial charge is 0.490 e. The quantitative estimate of drug-likeness (QED) is 0.800. The molecule has 108 valence electrons. The summed E-state index contributed by atoms with van der Waals surface area (Å²) in [6.45, 7) is 2.83.